The third-order valence-electron chi connectivity index (χ3n) is 9.98. The third-order valence-corrected chi connectivity index (χ3v) is 11.0. The molecular formula is C49H90NO7P. The minimum absolute atomic E-state index is 0.0770. The van der Waals surface area contributed by atoms with Gasteiger partial charge in [0.15, 0.2) is 0 Å². The van der Waals surface area contributed by atoms with Crippen LogP contribution in [0.15, 0.2) is 60.8 Å². The van der Waals surface area contributed by atoms with E-state index >= 15 is 0 Å². The smallest absolute Gasteiger partial charge is 0.457 e. The van der Waals surface area contributed by atoms with Gasteiger partial charge in [-0.25, -0.2) is 4.57 Å². The molecule has 58 heavy (non-hydrogen) atoms. The zero-order valence-electron chi connectivity index (χ0n) is 37.5. The highest BCUT2D eigenvalue weighted by atomic mass is 31.2. The molecule has 8 nitrogen and oxygen atoms in total. The van der Waals surface area contributed by atoms with Crippen molar-refractivity contribution < 1.29 is 32.8 Å². The predicted molar refractivity (Wildman–Crippen MR) is 247 cm³/mol. The van der Waals surface area contributed by atoms with Crippen LogP contribution in [0.25, 0.3) is 0 Å². The lowest BCUT2D eigenvalue weighted by Gasteiger charge is -2.19. The molecule has 2 atom stereocenters. The van der Waals surface area contributed by atoms with Crippen molar-refractivity contribution in [1.82, 2.24) is 0 Å². The fraction of sp³-hybridized carbons (Fsp3) is 0.776. The van der Waals surface area contributed by atoms with Gasteiger partial charge in [0, 0.05) is 13.2 Å². The number of phosphoric acid groups is 1. The molecule has 9 heteroatoms. The number of carbonyl (C=O) groups excluding carboxylic acids is 1. The number of hydrogen-bond donors (Lipinski definition) is 2. The first kappa shape index (κ1) is 56.2. The van der Waals surface area contributed by atoms with E-state index in [1.54, 1.807) is 6.08 Å². The van der Waals surface area contributed by atoms with Gasteiger partial charge in [-0.2, -0.15) is 0 Å². The number of esters is 1. The fourth-order valence-electron chi connectivity index (χ4n) is 6.54. The van der Waals surface area contributed by atoms with Crippen LogP contribution in [0, 0.1) is 0 Å². The standard InChI is InChI=1S/C49H90NO7P/c1-3-5-7-9-11-13-15-17-19-20-21-22-23-24-25-26-27-29-31-33-35-37-39-41-44-54-46-48(47-56-58(52,53)55-45-43-50)57-49(51)42-40-38-36-34-32-30-28-18-16-14-12-10-8-6-4-2/h6,8,12,14,18,28,32,34,38,40,48H,3-5,7,9-11,13,15-17,19-27,29-31,33,35-37,39,41-47,50H2,1-2H3,(H,52,53)/b8-6-,14-12-,28-18-,34-32-,40-38-. The first-order chi connectivity index (χ1) is 28.4. The Labute approximate surface area is 357 Å². The maximum Gasteiger partial charge on any atom is 0.472 e. The van der Waals surface area contributed by atoms with Crippen LogP contribution in [0.5, 0.6) is 0 Å². The van der Waals surface area contributed by atoms with E-state index in [9.17, 15) is 14.3 Å². The minimum Gasteiger partial charge on any atom is -0.457 e. The summed E-state index contributed by atoms with van der Waals surface area (Å²) >= 11 is 0. The zero-order valence-corrected chi connectivity index (χ0v) is 38.4. The summed E-state index contributed by atoms with van der Waals surface area (Å²) in [6.07, 6.45) is 57.2. The Morgan fingerprint density at radius 1 is 0.517 bits per heavy atom. The van der Waals surface area contributed by atoms with Crippen molar-refractivity contribution in [2.75, 3.05) is 33.0 Å². The van der Waals surface area contributed by atoms with Crippen LogP contribution in [0.3, 0.4) is 0 Å². The number of hydrogen-bond acceptors (Lipinski definition) is 7. The predicted octanol–water partition coefficient (Wildman–Crippen LogP) is 14.5. The molecule has 0 aromatic carbocycles. The van der Waals surface area contributed by atoms with Crippen LogP contribution in [0.2, 0.25) is 0 Å². The number of allylic oxidation sites excluding steroid dienone is 9. The summed E-state index contributed by atoms with van der Waals surface area (Å²) in [6, 6.07) is 0. The summed E-state index contributed by atoms with van der Waals surface area (Å²) in [5.41, 5.74) is 5.37. The van der Waals surface area contributed by atoms with Crippen LogP contribution < -0.4 is 5.73 Å². The Hall–Kier alpha value is -1.80. The van der Waals surface area contributed by atoms with Gasteiger partial charge in [-0.15, -0.1) is 0 Å². The van der Waals surface area contributed by atoms with E-state index in [4.69, 9.17) is 24.3 Å². The molecule has 0 aromatic heterocycles. The second-order valence-corrected chi connectivity index (χ2v) is 17.1. The van der Waals surface area contributed by atoms with Gasteiger partial charge in [-0.05, 0) is 38.5 Å². The first-order valence-electron chi connectivity index (χ1n) is 23.8. The molecule has 0 radical (unpaired) electrons. The summed E-state index contributed by atoms with van der Waals surface area (Å²) in [5.74, 6) is -0.455. The Balaban J connectivity index is 3.99. The number of ether oxygens (including phenoxy) is 2. The molecule has 0 aliphatic carbocycles. The van der Waals surface area contributed by atoms with Crippen molar-refractivity contribution in [3.63, 3.8) is 0 Å². The summed E-state index contributed by atoms with van der Waals surface area (Å²) in [6.45, 7) is 4.69. The Kier molecular flexibility index (Phi) is 44.8. The molecule has 0 aliphatic rings. The lowest BCUT2D eigenvalue weighted by Crippen LogP contribution is -2.28. The van der Waals surface area contributed by atoms with Crippen molar-refractivity contribution >= 4 is 13.8 Å². The van der Waals surface area contributed by atoms with Gasteiger partial charge in [0.1, 0.15) is 6.10 Å². The molecule has 0 rings (SSSR count). The zero-order chi connectivity index (χ0) is 42.3. The normalized spacial score (nSPS) is 13.9. The average molecular weight is 836 g/mol. The number of unbranched alkanes of at least 4 members (excludes halogenated alkanes) is 23. The molecule has 0 saturated heterocycles. The van der Waals surface area contributed by atoms with Gasteiger partial charge in [0.25, 0.3) is 0 Å². The minimum atomic E-state index is -4.30. The monoisotopic (exact) mass is 836 g/mol. The summed E-state index contributed by atoms with van der Waals surface area (Å²) in [4.78, 5) is 22.4. The van der Waals surface area contributed by atoms with E-state index < -0.39 is 19.9 Å². The van der Waals surface area contributed by atoms with E-state index in [-0.39, 0.29) is 32.8 Å². The van der Waals surface area contributed by atoms with Crippen LogP contribution in [-0.4, -0.2) is 49.9 Å². The van der Waals surface area contributed by atoms with E-state index in [1.165, 1.54) is 141 Å². The van der Waals surface area contributed by atoms with Gasteiger partial charge < -0.3 is 20.1 Å². The number of carbonyl (C=O) groups is 1. The molecule has 0 spiro atoms. The highest BCUT2D eigenvalue weighted by molar-refractivity contribution is 7.47. The number of nitrogens with two attached hydrogens (primary N) is 1. The van der Waals surface area contributed by atoms with Crippen LogP contribution in [-0.2, 0) is 27.9 Å². The highest BCUT2D eigenvalue weighted by Gasteiger charge is 2.25. The molecule has 338 valence electrons. The van der Waals surface area contributed by atoms with Gasteiger partial charge in [-0.1, -0.05) is 222 Å². The molecule has 0 heterocycles. The topological polar surface area (TPSA) is 117 Å². The van der Waals surface area contributed by atoms with Gasteiger partial charge in [0.2, 0.25) is 0 Å². The molecule has 0 saturated carbocycles. The fourth-order valence-corrected chi connectivity index (χ4v) is 7.31. The molecule has 2 unspecified atom stereocenters. The molecule has 0 bridgehead atoms. The maximum atomic E-state index is 12.5. The second-order valence-electron chi connectivity index (χ2n) is 15.6. The SMILES string of the molecule is CC/C=C\C/C=C\C/C=C\C/C=C\C/C=C\CC(=O)OC(COCCCCCCCCCCCCCCCCCCCCCCCCCC)COP(=O)(O)OCCN. The summed E-state index contributed by atoms with van der Waals surface area (Å²) in [7, 11) is -4.30. The van der Waals surface area contributed by atoms with Gasteiger partial charge in [0.05, 0.1) is 26.2 Å². The molecule has 0 amide bonds. The third kappa shape index (κ3) is 45.3. The van der Waals surface area contributed by atoms with Crippen molar-refractivity contribution in [3.8, 4) is 0 Å². The van der Waals surface area contributed by atoms with Gasteiger partial charge >= 0.3 is 13.8 Å². The average Bonchev–Trinajstić information content (AvgIpc) is 3.21. The lowest BCUT2D eigenvalue weighted by molar-refractivity contribution is -0.153. The molecule has 3 N–H and O–H groups in total. The van der Waals surface area contributed by atoms with E-state index in [2.05, 4.69) is 62.5 Å². The van der Waals surface area contributed by atoms with Crippen molar-refractivity contribution in [3.05, 3.63) is 60.8 Å². The Morgan fingerprint density at radius 3 is 1.29 bits per heavy atom. The molecule has 0 aliphatic heterocycles. The lowest BCUT2D eigenvalue weighted by atomic mass is 10.0. The number of phosphoric ester groups is 1. The van der Waals surface area contributed by atoms with Crippen LogP contribution in [0.4, 0.5) is 0 Å². The summed E-state index contributed by atoms with van der Waals surface area (Å²) in [5, 5.41) is 0. The van der Waals surface area contributed by atoms with Crippen molar-refractivity contribution in [2.45, 2.75) is 213 Å². The second kappa shape index (κ2) is 46.3. The summed E-state index contributed by atoms with van der Waals surface area (Å²) < 4.78 is 33.3. The maximum absolute atomic E-state index is 12.5. The van der Waals surface area contributed by atoms with E-state index in [0.29, 0.717) is 13.0 Å². The van der Waals surface area contributed by atoms with E-state index in [1.807, 2.05) is 6.08 Å². The van der Waals surface area contributed by atoms with Gasteiger partial charge in [-0.3, -0.25) is 13.8 Å². The largest absolute Gasteiger partial charge is 0.472 e. The number of rotatable bonds is 45. The van der Waals surface area contributed by atoms with E-state index in [0.717, 1.165) is 38.5 Å². The quantitative estimate of drug-likeness (QED) is 0.0269. The van der Waals surface area contributed by atoms with Crippen LogP contribution >= 0.6 is 7.82 Å². The molecule has 0 fully saturated rings. The van der Waals surface area contributed by atoms with Crippen LogP contribution in [0.1, 0.15) is 206 Å². The highest BCUT2D eigenvalue weighted by Crippen LogP contribution is 2.43. The molecule has 0 aromatic rings. The molecular weight excluding hydrogens is 746 g/mol. The van der Waals surface area contributed by atoms with Crippen molar-refractivity contribution in [2.24, 2.45) is 5.73 Å². The Morgan fingerprint density at radius 2 is 0.897 bits per heavy atom. The van der Waals surface area contributed by atoms with Crippen molar-refractivity contribution in [1.29, 1.82) is 0 Å². The Bertz CT molecular complexity index is 1070. The first-order valence-corrected chi connectivity index (χ1v) is 25.3.